The molecule has 0 spiro atoms. The first-order valence-electron chi connectivity index (χ1n) is 6.80. The third-order valence-electron chi connectivity index (χ3n) is 4.37. The van der Waals surface area contributed by atoms with Gasteiger partial charge in [0.1, 0.15) is 0 Å². The van der Waals surface area contributed by atoms with Crippen LogP contribution in [0.25, 0.3) is 0 Å². The molecule has 0 aliphatic carbocycles. The highest BCUT2D eigenvalue weighted by Gasteiger charge is 2.30. The lowest BCUT2D eigenvalue weighted by molar-refractivity contribution is 0.0612. The summed E-state index contributed by atoms with van der Waals surface area (Å²) in [5, 5.41) is 0. The van der Waals surface area contributed by atoms with Crippen molar-refractivity contribution in [3.05, 3.63) is 0 Å². The molecule has 1 aliphatic rings. The molecule has 0 aromatic carbocycles. The monoisotopic (exact) mass is 243 g/mol. The number of nitrogens with zero attached hydrogens (tertiary/aromatic N) is 1. The van der Waals surface area contributed by atoms with E-state index in [0.29, 0.717) is 0 Å². The third-order valence-corrected chi connectivity index (χ3v) is 4.84. The Morgan fingerprint density at radius 3 is 2.38 bits per heavy atom. The van der Waals surface area contributed by atoms with E-state index in [-0.39, 0.29) is 0 Å². The van der Waals surface area contributed by atoms with E-state index >= 15 is 0 Å². The molecular weight excluding hydrogens is 214 g/mol. The minimum Gasteiger partial charge on any atom is -0.300 e. The zero-order valence-electron chi connectivity index (χ0n) is 11.6. The molecule has 2 heteroatoms. The Balaban J connectivity index is 2.56. The van der Waals surface area contributed by atoms with E-state index in [0.717, 1.165) is 35.5 Å². The van der Waals surface area contributed by atoms with Crippen molar-refractivity contribution in [2.75, 3.05) is 18.8 Å². The normalized spacial score (nSPS) is 34.3. The molecule has 0 bridgehead atoms. The van der Waals surface area contributed by atoms with E-state index < -0.39 is 0 Å². The molecule has 16 heavy (non-hydrogen) atoms. The summed E-state index contributed by atoms with van der Waals surface area (Å²) in [7, 11) is 0. The van der Waals surface area contributed by atoms with Gasteiger partial charge in [0.2, 0.25) is 0 Å². The van der Waals surface area contributed by atoms with Crippen LogP contribution in [0, 0.1) is 23.7 Å². The molecule has 0 N–H and O–H groups in total. The van der Waals surface area contributed by atoms with Crippen molar-refractivity contribution >= 4 is 12.6 Å². The summed E-state index contributed by atoms with van der Waals surface area (Å²) in [6.07, 6.45) is 1.39. The summed E-state index contributed by atoms with van der Waals surface area (Å²) >= 11 is 4.50. The molecule has 0 aromatic rings. The maximum Gasteiger partial charge on any atom is 0.00929 e. The number of likely N-dealkylation sites (tertiary alicyclic amines) is 1. The van der Waals surface area contributed by atoms with E-state index in [9.17, 15) is 0 Å². The number of hydrogen-bond donors (Lipinski definition) is 1. The van der Waals surface area contributed by atoms with Gasteiger partial charge in [-0.1, -0.05) is 27.7 Å². The van der Waals surface area contributed by atoms with Gasteiger partial charge in [-0.15, -0.1) is 0 Å². The second-order valence-electron chi connectivity index (χ2n) is 6.20. The fourth-order valence-electron chi connectivity index (χ4n) is 2.85. The quantitative estimate of drug-likeness (QED) is 0.739. The fourth-order valence-corrected chi connectivity index (χ4v) is 3.39. The highest BCUT2D eigenvalue weighted by molar-refractivity contribution is 7.80. The summed E-state index contributed by atoms with van der Waals surface area (Å²) in [4.78, 5) is 2.69. The second-order valence-corrected chi connectivity index (χ2v) is 6.56. The van der Waals surface area contributed by atoms with E-state index in [1.165, 1.54) is 19.5 Å². The topological polar surface area (TPSA) is 3.24 Å². The largest absolute Gasteiger partial charge is 0.300 e. The number of hydrogen-bond acceptors (Lipinski definition) is 2. The Morgan fingerprint density at radius 1 is 1.25 bits per heavy atom. The van der Waals surface area contributed by atoms with Crippen LogP contribution in [0.2, 0.25) is 0 Å². The fraction of sp³-hybridized carbons (Fsp3) is 1.00. The van der Waals surface area contributed by atoms with Crippen LogP contribution < -0.4 is 0 Å². The molecule has 0 amide bonds. The summed E-state index contributed by atoms with van der Waals surface area (Å²) < 4.78 is 0. The lowest BCUT2D eigenvalue weighted by atomic mass is 9.84. The summed E-state index contributed by atoms with van der Waals surface area (Å²) in [5.41, 5.74) is 0. The highest BCUT2D eigenvalue weighted by Crippen LogP contribution is 2.28. The first-order chi connectivity index (χ1) is 7.45. The van der Waals surface area contributed by atoms with Crippen molar-refractivity contribution in [1.29, 1.82) is 0 Å². The number of piperidine rings is 1. The van der Waals surface area contributed by atoms with Crippen molar-refractivity contribution < 1.29 is 0 Å². The molecule has 4 atom stereocenters. The molecule has 96 valence electrons. The first kappa shape index (κ1) is 14.4. The molecule has 1 rings (SSSR count). The van der Waals surface area contributed by atoms with E-state index in [1.807, 2.05) is 0 Å². The summed E-state index contributed by atoms with van der Waals surface area (Å²) in [6, 6.07) is 0.748. The van der Waals surface area contributed by atoms with E-state index in [4.69, 9.17) is 0 Å². The maximum absolute atomic E-state index is 4.50. The minimum atomic E-state index is 0.739. The van der Waals surface area contributed by atoms with Gasteiger partial charge in [-0.3, -0.25) is 4.90 Å². The van der Waals surface area contributed by atoms with Gasteiger partial charge in [0.15, 0.2) is 0 Å². The Hall–Kier alpha value is 0.310. The Kier molecular flexibility index (Phi) is 5.66. The lowest BCUT2D eigenvalue weighted by Gasteiger charge is -2.43. The van der Waals surface area contributed by atoms with Crippen molar-refractivity contribution in [3.63, 3.8) is 0 Å². The smallest absolute Gasteiger partial charge is 0.00929 e. The van der Waals surface area contributed by atoms with Crippen LogP contribution >= 0.6 is 12.6 Å². The molecule has 1 heterocycles. The van der Waals surface area contributed by atoms with Crippen molar-refractivity contribution in [3.8, 4) is 0 Å². The SMILES string of the molecule is CC1CC(C)C(C)N(CC(CS)C(C)C)C1. The van der Waals surface area contributed by atoms with Crippen molar-refractivity contribution in [2.45, 2.75) is 47.1 Å². The first-order valence-corrected chi connectivity index (χ1v) is 7.43. The van der Waals surface area contributed by atoms with Crippen LogP contribution in [0.3, 0.4) is 0 Å². The Morgan fingerprint density at radius 2 is 1.88 bits per heavy atom. The molecule has 1 aliphatic heterocycles. The molecular formula is C14H29NS. The summed E-state index contributed by atoms with van der Waals surface area (Å²) in [6.45, 7) is 14.3. The highest BCUT2D eigenvalue weighted by atomic mass is 32.1. The van der Waals surface area contributed by atoms with Crippen LogP contribution in [0.5, 0.6) is 0 Å². The standard InChI is InChI=1S/C14H29NS/c1-10(2)14(9-16)8-15-7-11(3)6-12(4)13(15)5/h10-14,16H,6-9H2,1-5H3. The van der Waals surface area contributed by atoms with Gasteiger partial charge in [0, 0.05) is 19.1 Å². The maximum atomic E-state index is 4.50. The zero-order chi connectivity index (χ0) is 12.3. The molecule has 0 radical (unpaired) electrons. The van der Waals surface area contributed by atoms with Crippen molar-refractivity contribution in [1.82, 2.24) is 4.90 Å². The lowest BCUT2D eigenvalue weighted by Crippen LogP contribution is -2.48. The van der Waals surface area contributed by atoms with E-state index in [2.05, 4.69) is 52.1 Å². The molecule has 1 fully saturated rings. The molecule has 0 aromatic heterocycles. The zero-order valence-corrected chi connectivity index (χ0v) is 12.5. The summed E-state index contributed by atoms with van der Waals surface area (Å²) in [5.74, 6) is 4.21. The molecule has 4 unspecified atom stereocenters. The van der Waals surface area contributed by atoms with Crippen LogP contribution in [0.15, 0.2) is 0 Å². The molecule has 1 nitrogen and oxygen atoms in total. The van der Waals surface area contributed by atoms with Gasteiger partial charge in [-0.25, -0.2) is 0 Å². The predicted octanol–water partition coefficient (Wildman–Crippen LogP) is 3.55. The Bertz CT molecular complexity index is 205. The van der Waals surface area contributed by atoms with Gasteiger partial charge < -0.3 is 0 Å². The van der Waals surface area contributed by atoms with Gasteiger partial charge in [-0.05, 0) is 42.8 Å². The van der Waals surface area contributed by atoms with Gasteiger partial charge in [0.05, 0.1) is 0 Å². The van der Waals surface area contributed by atoms with Gasteiger partial charge in [-0.2, -0.15) is 12.6 Å². The van der Waals surface area contributed by atoms with Gasteiger partial charge in [0.25, 0.3) is 0 Å². The average Bonchev–Trinajstić information content (AvgIpc) is 2.20. The van der Waals surface area contributed by atoms with Crippen LogP contribution in [-0.4, -0.2) is 29.8 Å². The minimum absolute atomic E-state index is 0.739. The average molecular weight is 243 g/mol. The number of thiol groups is 1. The molecule has 0 saturated carbocycles. The second kappa shape index (κ2) is 6.30. The number of rotatable bonds is 4. The molecule has 1 saturated heterocycles. The van der Waals surface area contributed by atoms with Gasteiger partial charge >= 0.3 is 0 Å². The van der Waals surface area contributed by atoms with Crippen LogP contribution in [0.1, 0.15) is 41.0 Å². The van der Waals surface area contributed by atoms with E-state index in [1.54, 1.807) is 0 Å². The van der Waals surface area contributed by atoms with Crippen LogP contribution in [-0.2, 0) is 0 Å². The van der Waals surface area contributed by atoms with Crippen molar-refractivity contribution in [2.24, 2.45) is 23.7 Å². The Labute approximate surface area is 107 Å². The van der Waals surface area contributed by atoms with Crippen LogP contribution in [0.4, 0.5) is 0 Å². The predicted molar refractivity (Wildman–Crippen MR) is 76.2 cm³/mol. The third kappa shape index (κ3) is 3.66.